The molecule has 0 aromatic heterocycles. The fourth-order valence-electron chi connectivity index (χ4n) is 2.45. The minimum absolute atomic E-state index is 0. The second-order valence-corrected chi connectivity index (χ2v) is 6.08. The molecule has 0 aliphatic carbocycles. The van der Waals surface area contributed by atoms with Crippen LogP contribution in [0, 0.1) is 5.92 Å². The molecular formula is C20H34IN3O4. The maximum Gasteiger partial charge on any atom is 0.310 e. The lowest BCUT2D eigenvalue weighted by molar-refractivity contribution is -0.144. The van der Waals surface area contributed by atoms with Crippen molar-refractivity contribution in [1.29, 1.82) is 0 Å². The third kappa shape index (κ3) is 8.53. The van der Waals surface area contributed by atoms with Crippen LogP contribution in [0.5, 0.6) is 11.5 Å². The van der Waals surface area contributed by atoms with Gasteiger partial charge in [0.1, 0.15) is 0 Å². The minimum atomic E-state index is -0.296. The molecule has 0 saturated heterocycles. The van der Waals surface area contributed by atoms with Crippen LogP contribution in [-0.2, 0) is 9.53 Å². The van der Waals surface area contributed by atoms with Crippen LogP contribution in [0.4, 0.5) is 0 Å². The Kier molecular flexibility index (Phi) is 13.4. The zero-order valence-corrected chi connectivity index (χ0v) is 20.0. The number of hydrogen-bond acceptors (Lipinski definition) is 5. The predicted octanol–water partition coefficient (Wildman–Crippen LogP) is 3.53. The number of nitrogens with zero attached hydrogens (tertiary/aromatic N) is 1. The molecule has 28 heavy (non-hydrogen) atoms. The van der Waals surface area contributed by atoms with Crippen molar-refractivity contribution in [2.24, 2.45) is 10.9 Å². The lowest BCUT2D eigenvalue weighted by Gasteiger charge is -2.20. The van der Waals surface area contributed by atoms with E-state index in [1.165, 1.54) is 7.11 Å². The van der Waals surface area contributed by atoms with Crippen molar-refractivity contribution in [3.8, 4) is 11.5 Å². The summed E-state index contributed by atoms with van der Waals surface area (Å²) in [7, 11) is 1.38. The van der Waals surface area contributed by atoms with Gasteiger partial charge in [-0.25, -0.2) is 0 Å². The van der Waals surface area contributed by atoms with E-state index in [4.69, 9.17) is 14.2 Å². The SMILES string of the molecule is CCNC(=NCC(C)C(=O)OC)NC(C)c1ccc(OCC)c(OCC)c1.I. The normalized spacial score (nSPS) is 13.0. The van der Waals surface area contributed by atoms with E-state index in [2.05, 4.69) is 15.6 Å². The van der Waals surface area contributed by atoms with E-state index >= 15 is 0 Å². The van der Waals surface area contributed by atoms with Crippen molar-refractivity contribution in [2.45, 2.75) is 40.7 Å². The van der Waals surface area contributed by atoms with Crippen molar-refractivity contribution in [2.75, 3.05) is 33.4 Å². The van der Waals surface area contributed by atoms with Gasteiger partial charge in [0.25, 0.3) is 0 Å². The summed E-state index contributed by atoms with van der Waals surface area (Å²) in [4.78, 5) is 16.0. The first-order valence-corrected chi connectivity index (χ1v) is 9.48. The molecule has 1 aromatic rings. The highest BCUT2D eigenvalue weighted by atomic mass is 127. The summed E-state index contributed by atoms with van der Waals surface area (Å²) in [5.41, 5.74) is 1.05. The molecule has 2 unspecified atom stereocenters. The summed E-state index contributed by atoms with van der Waals surface area (Å²) in [5.74, 6) is 1.55. The second-order valence-electron chi connectivity index (χ2n) is 6.08. The lowest BCUT2D eigenvalue weighted by Crippen LogP contribution is -2.39. The number of hydrogen-bond donors (Lipinski definition) is 2. The lowest BCUT2D eigenvalue weighted by atomic mass is 10.1. The van der Waals surface area contributed by atoms with Crippen LogP contribution in [0.15, 0.2) is 23.2 Å². The van der Waals surface area contributed by atoms with Gasteiger partial charge in [0.05, 0.1) is 38.8 Å². The fourth-order valence-corrected chi connectivity index (χ4v) is 2.45. The Labute approximate surface area is 185 Å². The van der Waals surface area contributed by atoms with Crippen LogP contribution < -0.4 is 20.1 Å². The van der Waals surface area contributed by atoms with Gasteiger partial charge in [0.2, 0.25) is 0 Å². The zero-order chi connectivity index (χ0) is 20.2. The summed E-state index contributed by atoms with van der Waals surface area (Å²) < 4.78 is 16.1. The van der Waals surface area contributed by atoms with Gasteiger partial charge < -0.3 is 24.8 Å². The number of aliphatic imine (C=N–C) groups is 1. The molecule has 1 aromatic carbocycles. The molecular weight excluding hydrogens is 473 g/mol. The average molecular weight is 507 g/mol. The van der Waals surface area contributed by atoms with Gasteiger partial charge in [0, 0.05) is 6.54 Å². The highest BCUT2D eigenvalue weighted by molar-refractivity contribution is 14.0. The molecule has 7 nitrogen and oxygen atoms in total. The van der Waals surface area contributed by atoms with Crippen molar-refractivity contribution in [3.63, 3.8) is 0 Å². The first kappa shape index (κ1) is 26.3. The Morgan fingerprint density at radius 1 is 1.11 bits per heavy atom. The Bertz CT molecular complexity index is 625. The molecule has 160 valence electrons. The number of carbonyl (C=O) groups is 1. The summed E-state index contributed by atoms with van der Waals surface area (Å²) in [5, 5.41) is 6.56. The van der Waals surface area contributed by atoms with E-state index in [0.29, 0.717) is 25.7 Å². The number of methoxy groups -OCH3 is 1. The fraction of sp³-hybridized carbons (Fsp3) is 0.600. The highest BCUT2D eigenvalue weighted by Crippen LogP contribution is 2.30. The zero-order valence-electron chi connectivity index (χ0n) is 17.7. The standard InChI is InChI=1S/C20H33N3O4.HI/c1-7-21-20(22-13-14(4)19(24)25-6)23-15(5)16-10-11-17(26-8-2)18(12-16)27-9-3;/h10-12,14-15H,7-9,13H2,1-6H3,(H2,21,22,23);1H. The first-order chi connectivity index (χ1) is 13.0. The van der Waals surface area contributed by atoms with Gasteiger partial charge >= 0.3 is 5.97 Å². The Balaban J connectivity index is 0.00000729. The van der Waals surface area contributed by atoms with Gasteiger partial charge in [-0.3, -0.25) is 9.79 Å². The quantitative estimate of drug-likeness (QED) is 0.218. The maximum absolute atomic E-state index is 11.6. The minimum Gasteiger partial charge on any atom is -0.490 e. The summed E-state index contributed by atoms with van der Waals surface area (Å²) >= 11 is 0. The molecule has 0 aliphatic heterocycles. The molecule has 0 spiro atoms. The summed E-state index contributed by atoms with van der Waals surface area (Å²) in [6.45, 7) is 12.0. The van der Waals surface area contributed by atoms with E-state index in [9.17, 15) is 4.79 Å². The van der Waals surface area contributed by atoms with Crippen LogP contribution in [0.25, 0.3) is 0 Å². The Morgan fingerprint density at radius 3 is 2.32 bits per heavy atom. The molecule has 0 aliphatic rings. The molecule has 1 rings (SSSR count). The third-order valence-corrected chi connectivity index (χ3v) is 3.89. The van der Waals surface area contributed by atoms with Crippen LogP contribution in [0.1, 0.15) is 46.2 Å². The third-order valence-electron chi connectivity index (χ3n) is 3.89. The number of benzene rings is 1. The average Bonchev–Trinajstić information content (AvgIpc) is 2.66. The molecule has 2 atom stereocenters. The molecule has 0 fully saturated rings. The molecule has 0 radical (unpaired) electrons. The Morgan fingerprint density at radius 2 is 1.75 bits per heavy atom. The second kappa shape index (κ2) is 14.3. The van der Waals surface area contributed by atoms with Crippen LogP contribution in [0.3, 0.4) is 0 Å². The van der Waals surface area contributed by atoms with Crippen LogP contribution in [0.2, 0.25) is 0 Å². The number of guanidine groups is 1. The molecule has 0 amide bonds. The van der Waals surface area contributed by atoms with E-state index in [0.717, 1.165) is 23.6 Å². The topological polar surface area (TPSA) is 81.2 Å². The largest absolute Gasteiger partial charge is 0.490 e. The van der Waals surface area contributed by atoms with Gasteiger partial charge in [-0.15, -0.1) is 24.0 Å². The van der Waals surface area contributed by atoms with E-state index in [1.54, 1.807) is 6.92 Å². The molecule has 0 bridgehead atoms. The first-order valence-electron chi connectivity index (χ1n) is 9.48. The Hall–Kier alpha value is -1.71. The van der Waals surface area contributed by atoms with Gasteiger partial charge in [-0.2, -0.15) is 0 Å². The van der Waals surface area contributed by atoms with Crippen molar-refractivity contribution >= 4 is 35.9 Å². The van der Waals surface area contributed by atoms with E-state index in [1.807, 2.05) is 45.9 Å². The van der Waals surface area contributed by atoms with Crippen molar-refractivity contribution in [1.82, 2.24) is 10.6 Å². The number of nitrogens with one attached hydrogen (secondary N) is 2. The number of carbonyl (C=O) groups excluding carboxylic acids is 1. The number of halogens is 1. The van der Waals surface area contributed by atoms with Crippen molar-refractivity contribution < 1.29 is 19.0 Å². The van der Waals surface area contributed by atoms with Gasteiger partial charge in [-0.05, 0) is 45.4 Å². The monoisotopic (exact) mass is 507 g/mol. The number of ether oxygens (including phenoxy) is 3. The molecule has 2 N–H and O–H groups in total. The molecule has 0 saturated carbocycles. The maximum atomic E-state index is 11.6. The predicted molar refractivity (Wildman–Crippen MR) is 123 cm³/mol. The number of rotatable bonds is 10. The number of esters is 1. The highest BCUT2D eigenvalue weighted by Gasteiger charge is 2.15. The smallest absolute Gasteiger partial charge is 0.310 e. The van der Waals surface area contributed by atoms with E-state index < -0.39 is 0 Å². The van der Waals surface area contributed by atoms with Crippen LogP contribution >= 0.6 is 24.0 Å². The molecule has 8 heteroatoms. The van der Waals surface area contributed by atoms with Crippen molar-refractivity contribution in [3.05, 3.63) is 23.8 Å². The van der Waals surface area contributed by atoms with E-state index in [-0.39, 0.29) is 41.9 Å². The molecule has 0 heterocycles. The summed E-state index contributed by atoms with van der Waals surface area (Å²) in [6.07, 6.45) is 0. The van der Waals surface area contributed by atoms with Gasteiger partial charge in [-0.1, -0.05) is 13.0 Å². The summed E-state index contributed by atoms with van der Waals surface area (Å²) in [6, 6.07) is 5.90. The van der Waals surface area contributed by atoms with Crippen LogP contribution in [-0.4, -0.2) is 45.3 Å². The van der Waals surface area contributed by atoms with Gasteiger partial charge in [0.15, 0.2) is 17.5 Å².